The van der Waals surface area contributed by atoms with Crippen molar-refractivity contribution in [2.45, 2.75) is 37.6 Å². The van der Waals surface area contributed by atoms with Crippen molar-refractivity contribution in [1.29, 1.82) is 0 Å². The number of allylic oxidation sites excluding steroid dienone is 3. The van der Waals surface area contributed by atoms with Gasteiger partial charge in [0.2, 0.25) is 0 Å². The summed E-state index contributed by atoms with van der Waals surface area (Å²) in [6, 6.07) is 0. The Morgan fingerprint density at radius 1 is 1.11 bits per heavy atom. The maximum Gasteiger partial charge on any atom is 0.187 e. The van der Waals surface area contributed by atoms with E-state index in [0.29, 0.717) is 0 Å². The number of rotatable bonds is 5. The molecular formula is C12H20O6. The third kappa shape index (κ3) is 3.88. The molecule has 0 aromatic carbocycles. The molecule has 1 heterocycles. The van der Waals surface area contributed by atoms with E-state index in [1.54, 1.807) is 12.2 Å². The molecular weight excluding hydrogens is 240 g/mol. The fraction of sp³-hybridized carbons (Fsp3) is 0.667. The first kappa shape index (κ1) is 15.3. The molecule has 1 aliphatic rings. The molecule has 0 saturated carbocycles. The zero-order valence-electron chi connectivity index (χ0n) is 10.2. The number of hydrogen-bond donors (Lipinski definition) is 4. The van der Waals surface area contributed by atoms with E-state index >= 15 is 0 Å². The van der Waals surface area contributed by atoms with Crippen LogP contribution in [0.3, 0.4) is 0 Å². The van der Waals surface area contributed by atoms with E-state index in [4.69, 9.17) is 14.6 Å². The van der Waals surface area contributed by atoms with Crippen LogP contribution >= 0.6 is 0 Å². The fourth-order valence-electron chi connectivity index (χ4n) is 1.60. The average Bonchev–Trinajstić information content (AvgIpc) is 2.38. The van der Waals surface area contributed by atoms with Crippen molar-refractivity contribution in [2.75, 3.05) is 13.2 Å². The average molecular weight is 260 g/mol. The molecule has 1 rings (SSSR count). The summed E-state index contributed by atoms with van der Waals surface area (Å²) in [5.74, 6) is 0. The Morgan fingerprint density at radius 2 is 1.83 bits per heavy atom. The van der Waals surface area contributed by atoms with E-state index in [0.717, 1.165) is 0 Å². The van der Waals surface area contributed by atoms with Crippen molar-refractivity contribution in [2.24, 2.45) is 0 Å². The van der Waals surface area contributed by atoms with Crippen LogP contribution in [0.25, 0.3) is 0 Å². The first-order valence-electron chi connectivity index (χ1n) is 5.81. The predicted molar refractivity (Wildman–Crippen MR) is 63.7 cm³/mol. The van der Waals surface area contributed by atoms with E-state index < -0.39 is 37.3 Å². The third-order valence-corrected chi connectivity index (χ3v) is 2.64. The minimum Gasteiger partial charge on any atom is -0.394 e. The Bertz CT molecular complexity index is 288. The van der Waals surface area contributed by atoms with E-state index in [1.807, 2.05) is 19.1 Å². The first-order chi connectivity index (χ1) is 8.61. The van der Waals surface area contributed by atoms with E-state index in [1.165, 1.54) is 0 Å². The van der Waals surface area contributed by atoms with Gasteiger partial charge in [-0.25, -0.2) is 0 Å². The van der Waals surface area contributed by atoms with Gasteiger partial charge in [0.1, 0.15) is 24.4 Å². The van der Waals surface area contributed by atoms with Gasteiger partial charge in [0.15, 0.2) is 6.29 Å². The van der Waals surface area contributed by atoms with Crippen molar-refractivity contribution in [3.05, 3.63) is 24.3 Å². The highest BCUT2D eigenvalue weighted by Gasteiger charge is 2.43. The van der Waals surface area contributed by atoms with E-state index in [2.05, 4.69) is 0 Å². The van der Waals surface area contributed by atoms with E-state index in [-0.39, 0.29) is 6.61 Å². The predicted octanol–water partition coefficient (Wildman–Crippen LogP) is -1.06. The molecule has 18 heavy (non-hydrogen) atoms. The summed E-state index contributed by atoms with van der Waals surface area (Å²) < 4.78 is 10.4. The quantitative estimate of drug-likeness (QED) is 0.470. The lowest BCUT2D eigenvalue weighted by Gasteiger charge is -2.39. The molecule has 1 aliphatic heterocycles. The normalized spacial score (nSPS) is 37.7. The van der Waals surface area contributed by atoms with E-state index in [9.17, 15) is 15.3 Å². The van der Waals surface area contributed by atoms with Gasteiger partial charge in [-0.05, 0) is 6.92 Å². The van der Waals surface area contributed by atoms with Crippen LogP contribution in [0, 0.1) is 0 Å². The third-order valence-electron chi connectivity index (χ3n) is 2.64. The number of aliphatic hydroxyl groups excluding tert-OH is 4. The Hall–Kier alpha value is -0.760. The molecule has 1 fully saturated rings. The molecule has 4 N–H and O–H groups in total. The molecule has 0 aliphatic carbocycles. The van der Waals surface area contributed by atoms with Gasteiger partial charge in [-0.1, -0.05) is 24.3 Å². The Morgan fingerprint density at radius 3 is 2.44 bits per heavy atom. The maximum absolute atomic E-state index is 9.64. The maximum atomic E-state index is 9.64. The van der Waals surface area contributed by atoms with Gasteiger partial charge in [0.05, 0.1) is 13.2 Å². The minimum absolute atomic E-state index is 0.188. The molecule has 3 unspecified atom stereocenters. The summed E-state index contributed by atoms with van der Waals surface area (Å²) in [7, 11) is 0. The van der Waals surface area contributed by atoms with Crippen molar-refractivity contribution in [3.8, 4) is 0 Å². The van der Waals surface area contributed by atoms with Crippen molar-refractivity contribution < 1.29 is 29.9 Å². The molecule has 1 saturated heterocycles. The Labute approximate surface area is 106 Å². The molecule has 0 spiro atoms. The summed E-state index contributed by atoms with van der Waals surface area (Å²) in [6.07, 6.45) is 1.03. The largest absolute Gasteiger partial charge is 0.394 e. The lowest BCUT2D eigenvalue weighted by atomic mass is 9.99. The van der Waals surface area contributed by atoms with Crippen LogP contribution in [0.4, 0.5) is 0 Å². The summed E-state index contributed by atoms with van der Waals surface area (Å²) >= 11 is 0. The monoisotopic (exact) mass is 260 g/mol. The Balaban J connectivity index is 2.49. The van der Waals surface area contributed by atoms with Gasteiger partial charge >= 0.3 is 0 Å². The summed E-state index contributed by atoms with van der Waals surface area (Å²) in [5, 5.41) is 37.7. The van der Waals surface area contributed by atoms with Gasteiger partial charge < -0.3 is 29.9 Å². The molecule has 104 valence electrons. The second kappa shape index (κ2) is 7.63. The Kier molecular flexibility index (Phi) is 6.48. The standard InChI is InChI=1S/C12H20O6/c1-2-3-4-5-6-17-12-11(16)10(15)9(14)8(7-13)18-12/h2-5,8-16H,6-7H2,1H3/b3-2+,5-4+/t8?,9-,10?,11?,12+/m0/s1. The van der Waals surface area contributed by atoms with Gasteiger partial charge in [0, 0.05) is 0 Å². The second-order valence-corrected chi connectivity index (χ2v) is 3.98. The fourth-order valence-corrected chi connectivity index (χ4v) is 1.60. The van der Waals surface area contributed by atoms with Crippen LogP contribution in [0.5, 0.6) is 0 Å². The molecule has 0 bridgehead atoms. The summed E-state index contributed by atoms with van der Waals surface area (Å²) in [5.41, 5.74) is 0. The lowest BCUT2D eigenvalue weighted by Crippen LogP contribution is -2.59. The minimum atomic E-state index is -1.40. The second-order valence-electron chi connectivity index (χ2n) is 3.98. The summed E-state index contributed by atoms with van der Waals surface area (Å²) in [4.78, 5) is 0. The topological polar surface area (TPSA) is 99.4 Å². The molecule has 6 nitrogen and oxygen atoms in total. The number of ether oxygens (including phenoxy) is 2. The lowest BCUT2D eigenvalue weighted by molar-refractivity contribution is -0.298. The highest BCUT2D eigenvalue weighted by molar-refractivity contribution is 5.01. The van der Waals surface area contributed by atoms with Crippen LogP contribution < -0.4 is 0 Å². The molecule has 0 radical (unpaired) electrons. The zero-order chi connectivity index (χ0) is 13.5. The van der Waals surface area contributed by atoms with Crippen molar-refractivity contribution in [1.82, 2.24) is 0 Å². The highest BCUT2D eigenvalue weighted by Crippen LogP contribution is 2.21. The molecule has 0 aromatic rings. The van der Waals surface area contributed by atoms with Crippen molar-refractivity contribution >= 4 is 0 Å². The molecule has 0 amide bonds. The van der Waals surface area contributed by atoms with Crippen LogP contribution in [0.2, 0.25) is 0 Å². The zero-order valence-corrected chi connectivity index (χ0v) is 10.2. The van der Waals surface area contributed by atoms with Crippen LogP contribution in [0.15, 0.2) is 24.3 Å². The van der Waals surface area contributed by atoms with Crippen LogP contribution in [-0.4, -0.2) is 64.3 Å². The van der Waals surface area contributed by atoms with Gasteiger partial charge in [-0.2, -0.15) is 0 Å². The number of hydrogen-bond acceptors (Lipinski definition) is 6. The number of aliphatic hydroxyl groups is 4. The molecule has 0 aromatic heterocycles. The highest BCUT2D eigenvalue weighted by atomic mass is 16.7. The first-order valence-corrected chi connectivity index (χ1v) is 5.81. The van der Waals surface area contributed by atoms with Crippen LogP contribution in [0.1, 0.15) is 6.92 Å². The molecule has 6 heteroatoms. The smallest absolute Gasteiger partial charge is 0.187 e. The van der Waals surface area contributed by atoms with Crippen molar-refractivity contribution in [3.63, 3.8) is 0 Å². The van der Waals surface area contributed by atoms with Gasteiger partial charge in [-0.3, -0.25) is 0 Å². The van der Waals surface area contributed by atoms with Gasteiger partial charge in [-0.15, -0.1) is 0 Å². The SMILES string of the molecule is C/C=C/C=C/CO[C@@H]1OC(CO)[C@H](O)C(O)C1O. The molecule has 5 atom stereocenters. The van der Waals surface area contributed by atoms with Gasteiger partial charge in [0.25, 0.3) is 0 Å². The summed E-state index contributed by atoms with van der Waals surface area (Å²) in [6.45, 7) is 1.61. The van der Waals surface area contributed by atoms with Crippen LogP contribution in [-0.2, 0) is 9.47 Å².